The standard InChI is InChI=1S/C19H22N2O3S/c1-3-13-4-6-14(7-5-13)18-20-15(11-25-18)10-17(22)21-9-8-16(12(21)2)19(23)24/h4-7,11-12,16H,3,8-10H2,1-2H3,(H,23,24). The third-order valence-corrected chi connectivity index (χ3v) is 5.83. The van der Waals surface area contributed by atoms with E-state index >= 15 is 0 Å². The van der Waals surface area contributed by atoms with Crippen LogP contribution >= 0.6 is 11.3 Å². The highest BCUT2D eigenvalue weighted by atomic mass is 32.1. The van der Waals surface area contributed by atoms with Crippen molar-refractivity contribution in [2.45, 2.75) is 39.2 Å². The average Bonchev–Trinajstić information content (AvgIpc) is 3.21. The fourth-order valence-corrected chi connectivity index (χ4v) is 4.11. The maximum atomic E-state index is 12.5. The molecular weight excluding hydrogens is 336 g/mol. The zero-order valence-electron chi connectivity index (χ0n) is 14.4. The first-order valence-electron chi connectivity index (χ1n) is 8.55. The normalized spacial score (nSPS) is 20.0. The van der Waals surface area contributed by atoms with E-state index in [4.69, 9.17) is 0 Å². The summed E-state index contributed by atoms with van der Waals surface area (Å²) in [6.45, 7) is 4.44. The summed E-state index contributed by atoms with van der Waals surface area (Å²) in [6, 6.07) is 8.05. The summed E-state index contributed by atoms with van der Waals surface area (Å²) >= 11 is 1.53. The van der Waals surface area contributed by atoms with Crippen molar-refractivity contribution in [2.75, 3.05) is 6.54 Å². The highest BCUT2D eigenvalue weighted by Crippen LogP contribution is 2.27. The number of hydrogen-bond acceptors (Lipinski definition) is 4. The van der Waals surface area contributed by atoms with E-state index in [1.165, 1.54) is 16.9 Å². The van der Waals surface area contributed by atoms with Crippen molar-refractivity contribution in [1.29, 1.82) is 0 Å². The minimum absolute atomic E-state index is 0.0468. The number of carboxylic acid groups (broad SMARTS) is 1. The lowest BCUT2D eigenvalue weighted by molar-refractivity contribution is -0.143. The number of amides is 1. The van der Waals surface area contributed by atoms with E-state index in [1.807, 2.05) is 12.3 Å². The maximum absolute atomic E-state index is 12.5. The molecule has 2 unspecified atom stereocenters. The predicted octanol–water partition coefficient (Wildman–Crippen LogP) is 3.24. The molecule has 2 atom stereocenters. The molecule has 132 valence electrons. The van der Waals surface area contributed by atoms with Gasteiger partial charge in [-0.25, -0.2) is 4.98 Å². The van der Waals surface area contributed by atoms with E-state index in [9.17, 15) is 14.7 Å². The summed E-state index contributed by atoms with van der Waals surface area (Å²) in [5.74, 6) is -1.34. The Bertz CT molecular complexity index is 769. The number of nitrogens with zero attached hydrogens (tertiary/aromatic N) is 2. The number of aliphatic carboxylic acids is 1. The number of carbonyl (C=O) groups is 2. The molecule has 0 aliphatic carbocycles. The number of benzene rings is 1. The van der Waals surface area contributed by atoms with Crippen molar-refractivity contribution < 1.29 is 14.7 Å². The number of hydrogen-bond donors (Lipinski definition) is 1. The fraction of sp³-hybridized carbons (Fsp3) is 0.421. The van der Waals surface area contributed by atoms with Crippen molar-refractivity contribution in [3.63, 3.8) is 0 Å². The topological polar surface area (TPSA) is 70.5 Å². The van der Waals surface area contributed by atoms with Crippen LogP contribution in [-0.2, 0) is 22.4 Å². The summed E-state index contributed by atoms with van der Waals surface area (Å²) in [6.07, 6.45) is 1.75. The van der Waals surface area contributed by atoms with Gasteiger partial charge in [-0.1, -0.05) is 31.2 Å². The molecule has 1 aliphatic rings. The van der Waals surface area contributed by atoms with Crippen molar-refractivity contribution in [3.8, 4) is 10.6 Å². The Morgan fingerprint density at radius 2 is 2.04 bits per heavy atom. The van der Waals surface area contributed by atoms with Gasteiger partial charge in [0.2, 0.25) is 5.91 Å². The molecule has 0 bridgehead atoms. The largest absolute Gasteiger partial charge is 0.481 e. The van der Waals surface area contributed by atoms with Crippen LogP contribution in [0.3, 0.4) is 0 Å². The molecular formula is C19H22N2O3S. The van der Waals surface area contributed by atoms with Gasteiger partial charge in [0.25, 0.3) is 0 Å². The third-order valence-electron chi connectivity index (χ3n) is 4.89. The van der Waals surface area contributed by atoms with Gasteiger partial charge in [0.1, 0.15) is 5.01 Å². The molecule has 1 aliphatic heterocycles. The Hall–Kier alpha value is -2.21. The number of carboxylic acids is 1. The van der Waals surface area contributed by atoms with E-state index in [1.54, 1.807) is 4.90 Å². The van der Waals surface area contributed by atoms with Gasteiger partial charge in [-0.15, -0.1) is 11.3 Å². The van der Waals surface area contributed by atoms with Gasteiger partial charge in [0, 0.05) is 23.5 Å². The minimum Gasteiger partial charge on any atom is -0.481 e. The number of rotatable bonds is 5. The van der Waals surface area contributed by atoms with E-state index in [0.717, 1.165) is 22.7 Å². The highest BCUT2D eigenvalue weighted by Gasteiger charge is 2.38. The van der Waals surface area contributed by atoms with Crippen LogP contribution < -0.4 is 0 Å². The Morgan fingerprint density at radius 1 is 1.32 bits per heavy atom. The lowest BCUT2D eigenvalue weighted by Crippen LogP contribution is -2.38. The Kier molecular flexibility index (Phi) is 5.18. The second kappa shape index (κ2) is 7.35. The molecule has 2 heterocycles. The number of carbonyl (C=O) groups excluding carboxylic acids is 1. The molecule has 2 aromatic rings. The van der Waals surface area contributed by atoms with Crippen LogP contribution in [0.4, 0.5) is 0 Å². The van der Waals surface area contributed by atoms with Crippen LogP contribution in [0.25, 0.3) is 10.6 Å². The lowest BCUT2D eigenvalue weighted by Gasteiger charge is -2.22. The second-order valence-electron chi connectivity index (χ2n) is 6.43. The van der Waals surface area contributed by atoms with Crippen LogP contribution in [0.2, 0.25) is 0 Å². The second-order valence-corrected chi connectivity index (χ2v) is 7.29. The van der Waals surface area contributed by atoms with E-state index < -0.39 is 11.9 Å². The molecule has 0 saturated carbocycles. The van der Waals surface area contributed by atoms with Gasteiger partial charge in [0.05, 0.1) is 18.0 Å². The molecule has 5 nitrogen and oxygen atoms in total. The van der Waals surface area contributed by atoms with Gasteiger partial charge in [-0.05, 0) is 25.3 Å². The van der Waals surface area contributed by atoms with E-state index in [0.29, 0.717) is 13.0 Å². The minimum atomic E-state index is -0.825. The number of aromatic nitrogens is 1. The van der Waals surface area contributed by atoms with Gasteiger partial charge in [0.15, 0.2) is 0 Å². The molecule has 1 aromatic carbocycles. The monoisotopic (exact) mass is 358 g/mol. The summed E-state index contributed by atoms with van der Waals surface area (Å²) in [5, 5.41) is 12.0. The first kappa shape index (κ1) is 17.6. The zero-order chi connectivity index (χ0) is 18.0. The quantitative estimate of drug-likeness (QED) is 0.891. The summed E-state index contributed by atoms with van der Waals surface area (Å²) < 4.78 is 0. The molecule has 1 fully saturated rings. The Morgan fingerprint density at radius 3 is 2.64 bits per heavy atom. The van der Waals surface area contributed by atoms with Crippen molar-refractivity contribution in [3.05, 3.63) is 40.9 Å². The van der Waals surface area contributed by atoms with Crippen molar-refractivity contribution in [1.82, 2.24) is 9.88 Å². The number of aryl methyl sites for hydroxylation is 1. The molecule has 0 radical (unpaired) electrons. The van der Waals surface area contributed by atoms with Gasteiger partial charge in [-0.2, -0.15) is 0 Å². The third kappa shape index (κ3) is 3.74. The lowest BCUT2D eigenvalue weighted by atomic mass is 10.0. The highest BCUT2D eigenvalue weighted by molar-refractivity contribution is 7.13. The summed E-state index contributed by atoms with van der Waals surface area (Å²) in [5.41, 5.74) is 3.09. The van der Waals surface area contributed by atoms with Crippen LogP contribution in [0.5, 0.6) is 0 Å². The van der Waals surface area contributed by atoms with Crippen molar-refractivity contribution in [2.24, 2.45) is 5.92 Å². The first-order valence-corrected chi connectivity index (χ1v) is 9.43. The fourth-order valence-electron chi connectivity index (χ4n) is 3.28. The first-order chi connectivity index (χ1) is 12.0. The molecule has 6 heteroatoms. The summed E-state index contributed by atoms with van der Waals surface area (Å²) in [4.78, 5) is 30.0. The number of likely N-dealkylation sites (tertiary alicyclic amines) is 1. The smallest absolute Gasteiger partial charge is 0.308 e. The molecule has 1 amide bonds. The van der Waals surface area contributed by atoms with Crippen molar-refractivity contribution >= 4 is 23.2 Å². The molecule has 0 spiro atoms. The molecule has 1 N–H and O–H groups in total. The van der Waals surface area contributed by atoms with Crippen LogP contribution in [-0.4, -0.2) is 39.5 Å². The molecule has 1 saturated heterocycles. The van der Waals surface area contributed by atoms with Crippen LogP contribution in [0.1, 0.15) is 31.5 Å². The molecule has 25 heavy (non-hydrogen) atoms. The Balaban J connectivity index is 1.67. The van der Waals surface area contributed by atoms with Crippen LogP contribution in [0, 0.1) is 5.92 Å². The maximum Gasteiger partial charge on any atom is 0.308 e. The molecule has 3 rings (SSSR count). The Labute approximate surface area is 151 Å². The zero-order valence-corrected chi connectivity index (χ0v) is 15.3. The summed E-state index contributed by atoms with van der Waals surface area (Å²) in [7, 11) is 0. The average molecular weight is 358 g/mol. The van der Waals surface area contributed by atoms with Gasteiger partial charge in [-0.3, -0.25) is 9.59 Å². The SMILES string of the molecule is CCc1ccc(-c2nc(CC(=O)N3CCC(C(=O)O)C3C)cs2)cc1. The van der Waals surface area contributed by atoms with Gasteiger partial charge < -0.3 is 10.0 Å². The van der Waals surface area contributed by atoms with E-state index in [-0.39, 0.29) is 18.4 Å². The molecule has 1 aromatic heterocycles. The van der Waals surface area contributed by atoms with Crippen LogP contribution in [0.15, 0.2) is 29.6 Å². The number of thiazole rings is 1. The van der Waals surface area contributed by atoms with Gasteiger partial charge >= 0.3 is 5.97 Å². The van der Waals surface area contributed by atoms with E-state index in [2.05, 4.69) is 36.2 Å². The predicted molar refractivity (Wildman–Crippen MR) is 97.5 cm³/mol.